The Hall–Kier alpha value is -1.94. The van der Waals surface area contributed by atoms with E-state index in [0.29, 0.717) is 13.2 Å². The van der Waals surface area contributed by atoms with Gasteiger partial charge >= 0.3 is 0 Å². The number of nitrogens with zero attached hydrogens (tertiary/aromatic N) is 1. The Labute approximate surface area is 134 Å². The zero-order valence-electron chi connectivity index (χ0n) is 14.7. The highest BCUT2D eigenvalue weighted by Crippen LogP contribution is 2.24. The second kappa shape index (κ2) is 14.0. The van der Waals surface area contributed by atoms with Gasteiger partial charge < -0.3 is 4.74 Å². The van der Waals surface area contributed by atoms with Crippen LogP contribution in [0.25, 0.3) is 12.2 Å². The number of hydrogen-bond acceptors (Lipinski definition) is 3. The number of rotatable bonds is 6. The highest BCUT2D eigenvalue weighted by atomic mass is 16.6. The average molecular weight is 307 g/mol. The van der Waals surface area contributed by atoms with Crippen molar-refractivity contribution in [1.82, 2.24) is 0 Å². The standard InChI is InChI=1S/C14H17NO3.2C2H6/c1-4-12-9-14(15(16)17)10-13(11(12)3)7-6-8-18-5-2;2*1-2/h4,6-7,9-10H,1,5,8H2,2-3H3;2*1-2H3/b7-6+;;. The molecule has 0 unspecified atom stereocenters. The second-order valence-electron chi connectivity index (χ2n) is 3.77. The van der Waals surface area contributed by atoms with Crippen LogP contribution in [0.4, 0.5) is 5.69 Å². The first-order valence-corrected chi connectivity index (χ1v) is 7.76. The van der Waals surface area contributed by atoms with Gasteiger partial charge in [-0.1, -0.05) is 52.5 Å². The van der Waals surface area contributed by atoms with Crippen LogP contribution in [0.5, 0.6) is 0 Å². The molecule has 0 bridgehead atoms. The van der Waals surface area contributed by atoms with Gasteiger partial charge in [-0.3, -0.25) is 10.1 Å². The van der Waals surface area contributed by atoms with Crippen molar-refractivity contribution in [3.8, 4) is 0 Å². The van der Waals surface area contributed by atoms with E-state index < -0.39 is 4.92 Å². The lowest BCUT2D eigenvalue weighted by Crippen LogP contribution is -1.94. The van der Waals surface area contributed by atoms with Gasteiger partial charge in [-0.25, -0.2) is 0 Å². The zero-order chi connectivity index (χ0) is 17.5. The molecule has 0 aliphatic rings. The zero-order valence-corrected chi connectivity index (χ0v) is 14.7. The van der Waals surface area contributed by atoms with Crippen LogP contribution in [0, 0.1) is 17.0 Å². The lowest BCUT2D eigenvalue weighted by Gasteiger charge is -2.05. The van der Waals surface area contributed by atoms with E-state index in [1.807, 2.05) is 53.7 Å². The maximum absolute atomic E-state index is 10.8. The van der Waals surface area contributed by atoms with E-state index in [9.17, 15) is 10.1 Å². The molecule has 4 heteroatoms. The van der Waals surface area contributed by atoms with Gasteiger partial charge in [0.15, 0.2) is 0 Å². The molecule has 0 atom stereocenters. The van der Waals surface area contributed by atoms with E-state index >= 15 is 0 Å². The predicted molar refractivity (Wildman–Crippen MR) is 96.1 cm³/mol. The third-order valence-electron chi connectivity index (χ3n) is 2.62. The molecule has 124 valence electrons. The number of hydrogen-bond donors (Lipinski definition) is 0. The van der Waals surface area contributed by atoms with Crippen molar-refractivity contribution in [3.05, 3.63) is 51.6 Å². The molecule has 1 aromatic carbocycles. The van der Waals surface area contributed by atoms with Gasteiger partial charge in [-0.15, -0.1) is 0 Å². The van der Waals surface area contributed by atoms with Crippen molar-refractivity contribution in [3.63, 3.8) is 0 Å². The summed E-state index contributed by atoms with van der Waals surface area (Å²) in [5.41, 5.74) is 2.65. The van der Waals surface area contributed by atoms with Crippen LogP contribution >= 0.6 is 0 Å². The highest BCUT2D eigenvalue weighted by molar-refractivity contribution is 5.66. The van der Waals surface area contributed by atoms with Crippen LogP contribution in [0.15, 0.2) is 24.8 Å². The molecule has 0 N–H and O–H groups in total. The number of non-ortho nitro benzene ring substituents is 1. The van der Waals surface area contributed by atoms with E-state index in [2.05, 4.69) is 6.58 Å². The molecule has 1 rings (SSSR count). The van der Waals surface area contributed by atoms with Gasteiger partial charge in [0, 0.05) is 18.7 Å². The van der Waals surface area contributed by atoms with Gasteiger partial charge in [-0.05, 0) is 30.5 Å². The van der Waals surface area contributed by atoms with E-state index in [0.717, 1.165) is 16.7 Å². The Bertz CT molecular complexity index is 479. The highest BCUT2D eigenvalue weighted by Gasteiger charge is 2.10. The molecule has 0 saturated carbocycles. The van der Waals surface area contributed by atoms with Gasteiger partial charge in [0.25, 0.3) is 5.69 Å². The first-order valence-electron chi connectivity index (χ1n) is 7.76. The summed E-state index contributed by atoms with van der Waals surface area (Å²) in [5.74, 6) is 0. The average Bonchev–Trinajstić information content (AvgIpc) is 2.56. The third-order valence-corrected chi connectivity index (χ3v) is 2.62. The van der Waals surface area contributed by atoms with Crippen molar-refractivity contribution in [2.24, 2.45) is 0 Å². The Kier molecular flexibility index (Phi) is 14.2. The summed E-state index contributed by atoms with van der Waals surface area (Å²) < 4.78 is 5.19. The third kappa shape index (κ3) is 7.74. The molecule has 0 aliphatic carbocycles. The SMILES string of the molecule is C=Cc1cc([N+](=O)[O-])cc(/C=C/COCC)c1C.CC.CC. The summed E-state index contributed by atoms with van der Waals surface area (Å²) >= 11 is 0. The normalized spacial score (nSPS) is 9.36. The largest absolute Gasteiger partial charge is 0.378 e. The van der Waals surface area contributed by atoms with Crippen LogP contribution < -0.4 is 0 Å². The maximum atomic E-state index is 10.8. The van der Waals surface area contributed by atoms with E-state index in [1.165, 1.54) is 6.07 Å². The lowest BCUT2D eigenvalue weighted by atomic mass is 10.0. The molecule has 22 heavy (non-hydrogen) atoms. The Morgan fingerprint density at radius 2 is 1.77 bits per heavy atom. The fourth-order valence-corrected chi connectivity index (χ4v) is 1.59. The Morgan fingerprint density at radius 3 is 2.23 bits per heavy atom. The molecular formula is C18H29NO3. The minimum Gasteiger partial charge on any atom is -0.378 e. The van der Waals surface area contributed by atoms with Gasteiger partial charge in [-0.2, -0.15) is 0 Å². The van der Waals surface area contributed by atoms with Crippen molar-refractivity contribution in [2.75, 3.05) is 13.2 Å². The Balaban J connectivity index is 0. The quantitative estimate of drug-likeness (QED) is 0.388. The van der Waals surface area contributed by atoms with E-state index in [1.54, 1.807) is 12.1 Å². The molecule has 0 heterocycles. The fourth-order valence-electron chi connectivity index (χ4n) is 1.59. The molecule has 0 amide bonds. The van der Waals surface area contributed by atoms with Gasteiger partial charge in [0.2, 0.25) is 0 Å². The molecule has 0 spiro atoms. The van der Waals surface area contributed by atoms with Gasteiger partial charge in [0.05, 0.1) is 11.5 Å². The number of nitro groups is 1. The van der Waals surface area contributed by atoms with E-state index in [-0.39, 0.29) is 5.69 Å². The summed E-state index contributed by atoms with van der Waals surface area (Å²) in [6.45, 7) is 16.7. The van der Waals surface area contributed by atoms with Crippen molar-refractivity contribution in [2.45, 2.75) is 41.5 Å². The van der Waals surface area contributed by atoms with Crippen molar-refractivity contribution >= 4 is 17.8 Å². The van der Waals surface area contributed by atoms with Gasteiger partial charge in [0.1, 0.15) is 0 Å². The monoisotopic (exact) mass is 307 g/mol. The molecule has 0 radical (unpaired) electrons. The molecule has 4 nitrogen and oxygen atoms in total. The molecule has 0 aromatic heterocycles. The second-order valence-corrected chi connectivity index (χ2v) is 3.77. The number of ether oxygens (including phenoxy) is 1. The topological polar surface area (TPSA) is 52.4 Å². The van der Waals surface area contributed by atoms with Crippen LogP contribution in [0.2, 0.25) is 0 Å². The molecule has 0 saturated heterocycles. The van der Waals surface area contributed by atoms with Crippen LogP contribution in [0.1, 0.15) is 51.3 Å². The number of benzene rings is 1. The van der Waals surface area contributed by atoms with E-state index in [4.69, 9.17) is 4.74 Å². The minimum absolute atomic E-state index is 0.0755. The summed E-state index contributed by atoms with van der Waals surface area (Å²) in [5, 5.41) is 10.8. The summed E-state index contributed by atoms with van der Waals surface area (Å²) in [6, 6.07) is 3.09. The molecule has 0 aliphatic heterocycles. The molecule has 0 fully saturated rings. The summed E-state index contributed by atoms with van der Waals surface area (Å²) in [4.78, 5) is 10.4. The van der Waals surface area contributed by atoms with Crippen molar-refractivity contribution < 1.29 is 9.66 Å². The maximum Gasteiger partial charge on any atom is 0.270 e. The number of nitro benzene ring substituents is 1. The van der Waals surface area contributed by atoms with Crippen LogP contribution in [0.3, 0.4) is 0 Å². The fraction of sp³-hybridized carbons (Fsp3) is 0.444. The van der Waals surface area contributed by atoms with Crippen LogP contribution in [-0.2, 0) is 4.74 Å². The van der Waals surface area contributed by atoms with Crippen molar-refractivity contribution in [1.29, 1.82) is 0 Å². The predicted octanol–water partition coefficient (Wildman–Crippen LogP) is 5.65. The molecule has 1 aromatic rings. The van der Waals surface area contributed by atoms with Crippen LogP contribution in [-0.4, -0.2) is 18.1 Å². The lowest BCUT2D eigenvalue weighted by molar-refractivity contribution is -0.384. The smallest absolute Gasteiger partial charge is 0.270 e. The first kappa shape index (κ1) is 22.3. The first-order chi connectivity index (χ1) is 10.6. The summed E-state index contributed by atoms with van der Waals surface area (Å²) in [6.07, 6.45) is 5.32. The summed E-state index contributed by atoms with van der Waals surface area (Å²) in [7, 11) is 0. The Morgan fingerprint density at radius 1 is 1.23 bits per heavy atom. The minimum atomic E-state index is -0.397. The molecular weight excluding hydrogens is 278 g/mol.